The molecule has 0 saturated carbocycles. The molecule has 0 spiro atoms. The van der Waals surface area contributed by atoms with Crippen molar-refractivity contribution in [3.8, 4) is 0 Å². The molecule has 0 aromatic heterocycles. The minimum absolute atomic E-state index is 0.201. The van der Waals surface area contributed by atoms with Gasteiger partial charge in [-0.1, -0.05) is 51.1 Å². The molecule has 0 fully saturated rings. The minimum Gasteiger partial charge on any atom is -0.382 e. The first kappa shape index (κ1) is 22.1. The van der Waals surface area contributed by atoms with Crippen molar-refractivity contribution >= 4 is 11.8 Å². The van der Waals surface area contributed by atoms with E-state index in [9.17, 15) is 14.7 Å². The number of nitrogens with one attached hydrogen (secondary N) is 3. The lowest BCUT2D eigenvalue weighted by atomic mass is 10.00. The minimum atomic E-state index is -1.39. The summed E-state index contributed by atoms with van der Waals surface area (Å²) in [5, 5.41) is 12.9. The first-order chi connectivity index (χ1) is 12.3. The fourth-order valence-electron chi connectivity index (χ4n) is 2.51. The van der Waals surface area contributed by atoms with Crippen LogP contribution in [-0.4, -0.2) is 41.7 Å². The lowest BCUT2D eigenvalue weighted by Gasteiger charge is -2.24. The van der Waals surface area contributed by atoms with Crippen LogP contribution in [0.3, 0.4) is 0 Å². The number of carbonyl (C=O) groups excluding carboxylic acids is 2. The predicted octanol–water partition coefficient (Wildman–Crippen LogP) is 0.479. The number of hydrazine groups is 1. The molecule has 1 aromatic rings. The van der Waals surface area contributed by atoms with Gasteiger partial charge in [-0.2, -0.15) is 0 Å². The highest BCUT2D eigenvalue weighted by Gasteiger charge is 2.28. The summed E-state index contributed by atoms with van der Waals surface area (Å²) in [7, 11) is 0. The average molecular weight is 364 g/mol. The van der Waals surface area contributed by atoms with Crippen LogP contribution in [0, 0.1) is 5.92 Å². The number of amides is 2. The summed E-state index contributed by atoms with van der Waals surface area (Å²) < 4.78 is 0. The zero-order chi connectivity index (χ0) is 19.5. The molecule has 0 saturated heterocycles. The van der Waals surface area contributed by atoms with Crippen LogP contribution in [0.15, 0.2) is 30.3 Å². The maximum atomic E-state index is 12.4. The van der Waals surface area contributed by atoms with Gasteiger partial charge in [0.1, 0.15) is 12.1 Å². The van der Waals surface area contributed by atoms with Crippen LogP contribution < -0.4 is 21.9 Å². The molecule has 0 aliphatic heterocycles. The number of benzene rings is 1. The first-order valence-corrected chi connectivity index (χ1v) is 9.15. The predicted molar refractivity (Wildman–Crippen MR) is 102 cm³/mol. The van der Waals surface area contributed by atoms with Gasteiger partial charge < -0.3 is 16.2 Å². The molecule has 7 heteroatoms. The van der Waals surface area contributed by atoms with Crippen LogP contribution in [-0.2, 0) is 16.0 Å². The van der Waals surface area contributed by atoms with E-state index in [0.717, 1.165) is 12.0 Å². The fraction of sp³-hybridized carbons (Fsp3) is 0.579. The molecule has 2 amide bonds. The number of hydrogen-bond acceptors (Lipinski definition) is 5. The number of aliphatic hydroxyl groups is 1. The average Bonchev–Trinajstić information content (AvgIpc) is 2.60. The van der Waals surface area contributed by atoms with Gasteiger partial charge in [-0.3, -0.25) is 15.0 Å². The lowest BCUT2D eigenvalue weighted by Crippen LogP contribution is -2.56. The third-order valence-corrected chi connectivity index (χ3v) is 3.92. The van der Waals surface area contributed by atoms with Crippen molar-refractivity contribution in [3.63, 3.8) is 0 Å². The Bertz CT molecular complexity index is 551. The molecule has 146 valence electrons. The number of carbonyl (C=O) groups is 2. The van der Waals surface area contributed by atoms with Crippen LogP contribution in [0.25, 0.3) is 0 Å². The smallest absolute Gasteiger partial charge is 0.256 e. The molecule has 0 aliphatic rings. The molecule has 0 radical (unpaired) electrons. The Morgan fingerprint density at radius 3 is 2.38 bits per heavy atom. The van der Waals surface area contributed by atoms with Gasteiger partial charge in [0.2, 0.25) is 0 Å². The van der Waals surface area contributed by atoms with E-state index in [-0.39, 0.29) is 11.8 Å². The van der Waals surface area contributed by atoms with E-state index in [1.807, 2.05) is 51.1 Å². The fourth-order valence-corrected chi connectivity index (χ4v) is 2.51. The Kier molecular flexibility index (Phi) is 9.87. The SMILES string of the molecule is CCCNNC(=O)[C@H](CC(C)C)NC(=O)[C@@H](O)[C@H](N)Cc1ccccc1. The van der Waals surface area contributed by atoms with Gasteiger partial charge in [0.15, 0.2) is 0 Å². The van der Waals surface area contributed by atoms with E-state index >= 15 is 0 Å². The number of aliphatic hydroxyl groups excluding tert-OH is 1. The third kappa shape index (κ3) is 7.95. The Morgan fingerprint density at radius 2 is 1.81 bits per heavy atom. The van der Waals surface area contributed by atoms with E-state index in [0.29, 0.717) is 19.4 Å². The van der Waals surface area contributed by atoms with Gasteiger partial charge >= 0.3 is 0 Å². The van der Waals surface area contributed by atoms with E-state index in [1.54, 1.807) is 0 Å². The van der Waals surface area contributed by atoms with Crippen LogP contribution in [0.1, 0.15) is 39.2 Å². The maximum absolute atomic E-state index is 12.4. The van der Waals surface area contributed by atoms with Crippen LogP contribution in [0.2, 0.25) is 0 Å². The largest absolute Gasteiger partial charge is 0.382 e. The Hall–Kier alpha value is -1.96. The molecule has 3 atom stereocenters. The van der Waals surface area contributed by atoms with Gasteiger partial charge in [-0.05, 0) is 30.7 Å². The van der Waals surface area contributed by atoms with E-state index < -0.39 is 24.1 Å². The molecule has 7 nitrogen and oxygen atoms in total. The Morgan fingerprint density at radius 1 is 1.15 bits per heavy atom. The molecule has 0 bridgehead atoms. The highest BCUT2D eigenvalue weighted by Crippen LogP contribution is 2.08. The number of nitrogens with two attached hydrogens (primary N) is 1. The summed E-state index contributed by atoms with van der Waals surface area (Å²) in [6.45, 7) is 6.54. The van der Waals surface area contributed by atoms with Crippen molar-refractivity contribution < 1.29 is 14.7 Å². The summed E-state index contributed by atoms with van der Waals surface area (Å²) in [6, 6.07) is 7.93. The summed E-state index contributed by atoms with van der Waals surface area (Å²) in [6.07, 6.45) is 0.316. The Labute approximate surface area is 155 Å². The van der Waals surface area contributed by atoms with Gasteiger partial charge in [0, 0.05) is 12.6 Å². The standard InChI is InChI=1S/C19H32N4O3/c1-4-10-21-23-18(25)16(11-13(2)3)22-19(26)17(24)15(20)12-14-8-6-5-7-9-14/h5-9,13,15-17,21,24H,4,10-12,20H2,1-3H3,(H,22,26)(H,23,25)/t15-,16+,17+/m1/s1. The zero-order valence-electron chi connectivity index (χ0n) is 15.9. The van der Waals surface area contributed by atoms with Crippen molar-refractivity contribution in [3.05, 3.63) is 35.9 Å². The molecule has 26 heavy (non-hydrogen) atoms. The topological polar surface area (TPSA) is 116 Å². The third-order valence-electron chi connectivity index (χ3n) is 3.92. The molecule has 6 N–H and O–H groups in total. The quantitative estimate of drug-likeness (QED) is 0.289. The molecular weight excluding hydrogens is 332 g/mol. The second-order valence-corrected chi connectivity index (χ2v) is 6.91. The van der Waals surface area contributed by atoms with Crippen LogP contribution >= 0.6 is 0 Å². The highest BCUT2D eigenvalue weighted by molar-refractivity contribution is 5.89. The molecule has 1 aromatic carbocycles. The summed E-state index contributed by atoms with van der Waals surface area (Å²) in [4.78, 5) is 24.6. The maximum Gasteiger partial charge on any atom is 0.256 e. The monoisotopic (exact) mass is 364 g/mol. The molecule has 0 unspecified atom stereocenters. The normalized spacial score (nSPS) is 14.5. The van der Waals surface area contributed by atoms with Crippen molar-refractivity contribution in [2.75, 3.05) is 6.54 Å². The van der Waals surface area contributed by atoms with Crippen molar-refractivity contribution in [2.24, 2.45) is 11.7 Å². The summed E-state index contributed by atoms with van der Waals surface area (Å²) in [5.74, 6) is -0.763. The van der Waals surface area contributed by atoms with Gasteiger partial charge in [-0.15, -0.1) is 0 Å². The Balaban J connectivity index is 2.63. The molecular formula is C19H32N4O3. The van der Waals surface area contributed by atoms with E-state index in [2.05, 4.69) is 16.2 Å². The number of rotatable bonds is 11. The van der Waals surface area contributed by atoms with E-state index in [1.165, 1.54) is 0 Å². The van der Waals surface area contributed by atoms with Crippen molar-refractivity contribution in [1.29, 1.82) is 0 Å². The molecule has 0 aliphatic carbocycles. The lowest BCUT2D eigenvalue weighted by molar-refractivity contribution is -0.135. The van der Waals surface area contributed by atoms with Crippen LogP contribution in [0.4, 0.5) is 0 Å². The van der Waals surface area contributed by atoms with Gasteiger partial charge in [-0.25, -0.2) is 5.43 Å². The van der Waals surface area contributed by atoms with E-state index in [4.69, 9.17) is 5.73 Å². The highest BCUT2D eigenvalue weighted by atomic mass is 16.3. The zero-order valence-corrected chi connectivity index (χ0v) is 15.9. The first-order valence-electron chi connectivity index (χ1n) is 9.15. The molecule has 1 rings (SSSR count). The second kappa shape index (κ2) is 11.6. The molecule has 0 heterocycles. The summed E-state index contributed by atoms with van der Waals surface area (Å²) >= 11 is 0. The van der Waals surface area contributed by atoms with Crippen molar-refractivity contribution in [1.82, 2.24) is 16.2 Å². The second-order valence-electron chi connectivity index (χ2n) is 6.91. The van der Waals surface area contributed by atoms with Crippen molar-refractivity contribution in [2.45, 2.75) is 58.2 Å². The van der Waals surface area contributed by atoms with Crippen LogP contribution in [0.5, 0.6) is 0 Å². The van der Waals surface area contributed by atoms with Gasteiger partial charge in [0.25, 0.3) is 11.8 Å². The van der Waals surface area contributed by atoms with Gasteiger partial charge in [0.05, 0.1) is 0 Å². The number of hydrogen-bond donors (Lipinski definition) is 5. The summed E-state index contributed by atoms with van der Waals surface area (Å²) in [5.41, 5.74) is 12.3.